The van der Waals surface area contributed by atoms with Crippen molar-refractivity contribution in [2.45, 2.75) is 32.6 Å². The molecule has 1 rings (SSSR count). The molecule has 112 valence electrons. The van der Waals surface area contributed by atoms with Crippen LogP contribution in [-0.2, 0) is 6.54 Å². The quantitative estimate of drug-likeness (QED) is 0.617. The zero-order valence-electron chi connectivity index (χ0n) is 10.7. The van der Waals surface area contributed by atoms with Gasteiger partial charge in [-0.05, 0) is 25.5 Å². The number of rotatable bonds is 6. The molecule has 0 radical (unpaired) electrons. The molecule has 0 aliphatic heterocycles. The smallest absolute Gasteiger partial charge is 0.337 e. The fourth-order valence-corrected chi connectivity index (χ4v) is 1.31. The average Bonchev–Trinajstić information content (AvgIpc) is 2.34. The van der Waals surface area contributed by atoms with Crippen LogP contribution in [0.4, 0.5) is 13.2 Å². The van der Waals surface area contributed by atoms with Crippen LogP contribution in [0.1, 0.15) is 41.9 Å². The third-order valence-corrected chi connectivity index (χ3v) is 2.32. The largest absolute Gasteiger partial charge is 0.769 e. The van der Waals surface area contributed by atoms with Gasteiger partial charge in [-0.15, -0.1) is 0 Å². The molecular formula is C11H13F3N3O3-. The van der Waals surface area contributed by atoms with Gasteiger partial charge in [0.2, 0.25) is 0 Å². The summed E-state index contributed by atoms with van der Waals surface area (Å²) in [5.74, 6) is -3.73. The number of carboxylic acids is 1. The maximum Gasteiger partial charge on any atom is 0.337 e. The number of pyridine rings is 1. The second kappa shape index (κ2) is 6.16. The van der Waals surface area contributed by atoms with Crippen LogP contribution in [0.5, 0.6) is 0 Å². The lowest BCUT2D eigenvalue weighted by Gasteiger charge is -2.37. The first-order chi connectivity index (χ1) is 9.12. The molecule has 20 heavy (non-hydrogen) atoms. The van der Waals surface area contributed by atoms with E-state index in [1.807, 2.05) is 0 Å². The van der Waals surface area contributed by atoms with Crippen LogP contribution in [-0.4, -0.2) is 27.0 Å². The molecule has 6 nitrogen and oxygen atoms in total. The predicted molar refractivity (Wildman–Crippen MR) is 63.4 cm³/mol. The van der Waals surface area contributed by atoms with Crippen molar-refractivity contribution in [2.75, 3.05) is 0 Å². The summed E-state index contributed by atoms with van der Waals surface area (Å²) in [4.78, 5) is 14.2. The molecule has 0 amide bonds. The monoisotopic (exact) mass is 292 g/mol. The first-order valence-corrected chi connectivity index (χ1v) is 5.53. The Morgan fingerprint density at radius 1 is 1.60 bits per heavy atom. The van der Waals surface area contributed by atoms with Gasteiger partial charge in [0.1, 0.15) is 5.69 Å². The lowest BCUT2D eigenvalue weighted by atomic mass is 10.1. The molecule has 1 aromatic heterocycles. The molecule has 0 aliphatic carbocycles. The summed E-state index contributed by atoms with van der Waals surface area (Å²) in [5, 5.41) is 20.0. The van der Waals surface area contributed by atoms with Gasteiger partial charge in [-0.3, -0.25) is 15.6 Å². The molecule has 0 atom stereocenters. The highest BCUT2D eigenvalue weighted by Gasteiger charge is 2.21. The third-order valence-electron chi connectivity index (χ3n) is 2.32. The highest BCUT2D eigenvalue weighted by molar-refractivity contribution is 5.89. The van der Waals surface area contributed by atoms with E-state index in [-0.39, 0.29) is 17.3 Å². The van der Waals surface area contributed by atoms with E-state index in [1.54, 1.807) is 0 Å². The first kappa shape index (κ1) is 16.3. The summed E-state index contributed by atoms with van der Waals surface area (Å²) < 4.78 is 38.3. The maximum atomic E-state index is 13.2. The Kier molecular flexibility index (Phi) is 5.03. The Hall–Kier alpha value is -1.71. The number of carbonyl (C=O) groups is 1. The Labute approximate surface area is 112 Å². The van der Waals surface area contributed by atoms with Crippen molar-refractivity contribution < 1.29 is 23.1 Å². The van der Waals surface area contributed by atoms with Crippen molar-refractivity contribution in [3.05, 3.63) is 34.3 Å². The van der Waals surface area contributed by atoms with Crippen LogP contribution in [0.25, 0.3) is 0 Å². The summed E-state index contributed by atoms with van der Waals surface area (Å²) >= 11 is 0. The van der Waals surface area contributed by atoms with Gasteiger partial charge in [-0.2, -0.15) is 0 Å². The minimum atomic E-state index is -3.02. The van der Waals surface area contributed by atoms with Crippen molar-refractivity contribution in [1.29, 1.82) is 0 Å². The number of nitrogens with zero attached hydrogens (tertiary/aromatic N) is 2. The number of hydroxylamine groups is 1. The van der Waals surface area contributed by atoms with Gasteiger partial charge in [-0.25, -0.2) is 18.0 Å². The number of aromatic nitrogens is 1. The number of aromatic carboxylic acids is 1. The van der Waals surface area contributed by atoms with Gasteiger partial charge >= 0.3 is 5.97 Å². The molecule has 1 aromatic rings. The highest BCUT2D eigenvalue weighted by Crippen LogP contribution is 2.21. The molecule has 0 saturated heterocycles. The van der Waals surface area contributed by atoms with Crippen LogP contribution in [0.2, 0.25) is 0 Å². The summed E-state index contributed by atoms with van der Waals surface area (Å²) in [5.41, 5.74) is 0.788. The number of hydrogen-bond acceptors (Lipinski definition) is 5. The van der Waals surface area contributed by atoms with E-state index in [0.717, 1.165) is 26.1 Å². The summed E-state index contributed by atoms with van der Waals surface area (Å²) in [7, 11) is 0. The second-order valence-corrected chi connectivity index (χ2v) is 4.42. The predicted octanol–water partition coefficient (Wildman–Crippen LogP) is 2.23. The number of carboxylic acid groups (broad SMARTS) is 1. The van der Waals surface area contributed by atoms with Gasteiger partial charge in [-0.1, -0.05) is 0 Å². The van der Waals surface area contributed by atoms with E-state index in [1.165, 1.54) is 0 Å². The zero-order valence-corrected chi connectivity index (χ0v) is 10.7. The summed E-state index contributed by atoms with van der Waals surface area (Å²) in [6, 6.07) is 0.961. The maximum absolute atomic E-state index is 13.2. The second-order valence-electron chi connectivity index (χ2n) is 4.42. The fourth-order valence-electron chi connectivity index (χ4n) is 1.31. The van der Waals surface area contributed by atoms with E-state index >= 15 is 0 Å². The van der Waals surface area contributed by atoms with E-state index in [0.29, 0.717) is 0 Å². The Morgan fingerprint density at radius 3 is 2.65 bits per heavy atom. The minimum absolute atomic E-state index is 0.0610. The highest BCUT2D eigenvalue weighted by atomic mass is 19.3. The van der Waals surface area contributed by atoms with Gasteiger partial charge in [0.25, 0.3) is 6.43 Å². The van der Waals surface area contributed by atoms with Gasteiger partial charge in [0.05, 0.1) is 5.56 Å². The van der Waals surface area contributed by atoms with Crippen molar-refractivity contribution in [3.8, 4) is 0 Å². The van der Waals surface area contributed by atoms with Crippen molar-refractivity contribution in [3.63, 3.8) is 0 Å². The first-order valence-electron chi connectivity index (χ1n) is 5.53. The van der Waals surface area contributed by atoms with E-state index in [2.05, 4.69) is 10.4 Å². The number of hydrogen-bond donors (Lipinski definition) is 2. The van der Waals surface area contributed by atoms with Gasteiger partial charge in [0.15, 0.2) is 5.79 Å². The van der Waals surface area contributed by atoms with Crippen LogP contribution < -0.4 is 5.43 Å². The molecule has 9 heteroatoms. The molecule has 0 fully saturated rings. The van der Waals surface area contributed by atoms with Crippen LogP contribution in [0, 0.1) is 5.21 Å². The molecule has 0 unspecified atom stereocenters. The lowest BCUT2D eigenvalue weighted by Crippen LogP contribution is -2.44. The Balaban J connectivity index is 2.88. The van der Waals surface area contributed by atoms with Crippen molar-refractivity contribution in [2.24, 2.45) is 0 Å². The number of halogens is 3. The third kappa shape index (κ3) is 4.15. The molecule has 1 heterocycles. The van der Waals surface area contributed by atoms with Crippen LogP contribution in [0.15, 0.2) is 12.3 Å². The molecule has 0 bridgehead atoms. The van der Waals surface area contributed by atoms with Crippen LogP contribution in [0.3, 0.4) is 0 Å². The number of alkyl halides is 3. The van der Waals surface area contributed by atoms with Gasteiger partial charge in [0, 0.05) is 12.7 Å². The number of hydrazine groups is 1. The van der Waals surface area contributed by atoms with Crippen molar-refractivity contribution >= 4 is 5.97 Å². The summed E-state index contributed by atoms with van der Waals surface area (Å²) in [6.45, 7) is 1.80. The SMILES string of the molecule is CC(C)(F)N([O-])NCc1cnc(C(F)F)c(C(=O)O)c1. The topological polar surface area (TPSA) is 88.5 Å². The fraction of sp³-hybridized carbons (Fsp3) is 0.455. The Bertz CT molecular complexity index is 492. The zero-order chi connectivity index (χ0) is 15.5. The lowest BCUT2D eigenvalue weighted by molar-refractivity contribution is -0.00267. The molecule has 2 N–H and O–H groups in total. The number of nitrogens with one attached hydrogen (secondary N) is 1. The van der Waals surface area contributed by atoms with E-state index < -0.39 is 29.4 Å². The molecule has 0 saturated carbocycles. The molecule has 0 spiro atoms. The van der Waals surface area contributed by atoms with Crippen LogP contribution >= 0.6 is 0 Å². The van der Waals surface area contributed by atoms with Gasteiger partial charge < -0.3 is 10.3 Å². The average molecular weight is 292 g/mol. The molecule has 0 aliphatic rings. The van der Waals surface area contributed by atoms with Crippen molar-refractivity contribution in [1.82, 2.24) is 15.6 Å². The molecule has 0 aromatic carbocycles. The Morgan fingerprint density at radius 2 is 2.20 bits per heavy atom. The van der Waals surface area contributed by atoms with E-state index in [4.69, 9.17) is 5.11 Å². The standard InChI is InChI=1S/C11H13F3N3O3/c1-11(2,14)17(20)16-5-6-3-7(10(18)19)8(9(12)13)15-4-6/h3-4,9,16H,5H2,1-2H3,(H,18,19)/q-1. The molecular weight excluding hydrogens is 279 g/mol. The minimum Gasteiger partial charge on any atom is -0.769 e. The van der Waals surface area contributed by atoms with E-state index in [9.17, 15) is 23.2 Å². The normalized spacial score (nSPS) is 12.2. The summed E-state index contributed by atoms with van der Waals surface area (Å²) in [6.07, 6.45) is -2.02.